The molecule has 4 rings (SSSR count). The van der Waals surface area contributed by atoms with E-state index in [9.17, 15) is 14.9 Å². The zero-order valence-corrected chi connectivity index (χ0v) is 15.8. The van der Waals surface area contributed by atoms with Crippen LogP contribution in [-0.4, -0.2) is 23.7 Å². The van der Waals surface area contributed by atoms with Crippen LogP contribution in [0.2, 0.25) is 0 Å². The van der Waals surface area contributed by atoms with Gasteiger partial charge in [-0.3, -0.25) is 14.9 Å². The van der Waals surface area contributed by atoms with E-state index >= 15 is 0 Å². The fraction of sp³-hybridized carbons (Fsp3) is 0.0435. The van der Waals surface area contributed by atoms with E-state index in [0.717, 1.165) is 27.1 Å². The molecule has 1 N–H and O–H groups in total. The number of nitro groups is 1. The number of ether oxygens (including phenoxy) is 1. The molecule has 0 radical (unpaired) electrons. The minimum Gasteiger partial charge on any atom is -0.484 e. The van der Waals surface area contributed by atoms with Crippen molar-refractivity contribution in [3.63, 3.8) is 0 Å². The van der Waals surface area contributed by atoms with Crippen LogP contribution in [0, 0.1) is 10.1 Å². The lowest BCUT2D eigenvalue weighted by atomic mass is 9.97. The minimum absolute atomic E-state index is 0.0429. The molecule has 0 bridgehead atoms. The zero-order valence-electron chi connectivity index (χ0n) is 15.8. The van der Waals surface area contributed by atoms with Crippen LogP contribution in [-0.2, 0) is 4.79 Å². The van der Waals surface area contributed by atoms with E-state index in [4.69, 9.17) is 4.74 Å². The number of benzene rings is 4. The first kappa shape index (κ1) is 19.1. The molecule has 0 aliphatic rings. The van der Waals surface area contributed by atoms with E-state index < -0.39 is 10.8 Å². The zero-order chi connectivity index (χ0) is 20.9. The number of carbonyl (C=O) groups excluding carboxylic acids is 1. The van der Waals surface area contributed by atoms with Crippen molar-refractivity contribution < 1.29 is 14.5 Å². The highest BCUT2D eigenvalue weighted by Crippen LogP contribution is 2.27. The summed E-state index contributed by atoms with van der Waals surface area (Å²) in [6.07, 6.45) is 1.63. The number of nitro benzene ring substituents is 1. The highest BCUT2D eigenvalue weighted by Gasteiger charge is 2.07. The Morgan fingerprint density at radius 2 is 1.57 bits per heavy atom. The number of hydrogen-bond donors (Lipinski definition) is 1. The van der Waals surface area contributed by atoms with E-state index in [2.05, 4.69) is 16.6 Å². The molecule has 0 spiro atoms. The van der Waals surface area contributed by atoms with Gasteiger partial charge in [0.15, 0.2) is 6.61 Å². The van der Waals surface area contributed by atoms with Gasteiger partial charge in [0.05, 0.1) is 11.1 Å². The van der Waals surface area contributed by atoms with Crippen LogP contribution in [0.15, 0.2) is 84.0 Å². The van der Waals surface area contributed by atoms with E-state index in [1.807, 2.05) is 48.5 Å². The molecule has 0 unspecified atom stereocenters. The van der Waals surface area contributed by atoms with Crippen LogP contribution in [0.5, 0.6) is 5.75 Å². The number of nitrogens with one attached hydrogen (secondary N) is 1. The molecule has 148 valence electrons. The van der Waals surface area contributed by atoms with Crippen LogP contribution in [0.25, 0.3) is 21.5 Å². The Bertz CT molecular complexity index is 1210. The number of fused-ring (bicyclic) bond motifs is 2. The number of rotatable bonds is 6. The highest BCUT2D eigenvalue weighted by atomic mass is 16.6. The summed E-state index contributed by atoms with van der Waals surface area (Å²) in [4.78, 5) is 22.2. The lowest BCUT2D eigenvalue weighted by Crippen LogP contribution is -2.24. The molecule has 0 atom stereocenters. The van der Waals surface area contributed by atoms with E-state index in [0.29, 0.717) is 5.75 Å². The summed E-state index contributed by atoms with van der Waals surface area (Å²) < 4.78 is 5.34. The number of non-ortho nitro benzene ring substituents is 1. The lowest BCUT2D eigenvalue weighted by Gasteiger charge is -2.08. The van der Waals surface area contributed by atoms with Crippen LogP contribution < -0.4 is 10.2 Å². The predicted molar refractivity (Wildman–Crippen MR) is 116 cm³/mol. The van der Waals surface area contributed by atoms with Gasteiger partial charge in [-0.05, 0) is 39.7 Å². The van der Waals surface area contributed by atoms with Gasteiger partial charge in [-0.25, -0.2) is 5.43 Å². The molecule has 0 aromatic heterocycles. The third kappa shape index (κ3) is 4.10. The molecule has 4 aromatic carbocycles. The third-order valence-electron chi connectivity index (χ3n) is 4.61. The molecule has 7 heteroatoms. The Balaban J connectivity index is 1.46. The normalized spacial score (nSPS) is 11.1. The number of amides is 1. The Hall–Kier alpha value is -4.26. The van der Waals surface area contributed by atoms with Crippen LogP contribution in [0.3, 0.4) is 0 Å². The number of carbonyl (C=O) groups is 1. The second-order valence-electron chi connectivity index (χ2n) is 6.57. The number of nitrogens with zero attached hydrogens (tertiary/aromatic N) is 2. The van der Waals surface area contributed by atoms with E-state index in [-0.39, 0.29) is 12.3 Å². The topological polar surface area (TPSA) is 93.8 Å². The first-order valence-corrected chi connectivity index (χ1v) is 9.21. The summed E-state index contributed by atoms with van der Waals surface area (Å²) in [5, 5.41) is 19.0. The average Bonchev–Trinajstić information content (AvgIpc) is 2.77. The van der Waals surface area contributed by atoms with Crippen molar-refractivity contribution in [2.45, 2.75) is 0 Å². The Morgan fingerprint density at radius 3 is 2.17 bits per heavy atom. The molecular weight excluding hydrogens is 382 g/mol. The quantitative estimate of drug-likeness (QED) is 0.225. The van der Waals surface area contributed by atoms with Gasteiger partial charge in [0.25, 0.3) is 11.6 Å². The molecular formula is C23H17N3O4. The summed E-state index contributed by atoms with van der Waals surface area (Å²) in [5.41, 5.74) is 3.33. The maximum absolute atomic E-state index is 12.1. The first-order valence-electron chi connectivity index (χ1n) is 9.21. The maximum Gasteiger partial charge on any atom is 0.277 e. The monoisotopic (exact) mass is 399 g/mol. The highest BCUT2D eigenvalue weighted by molar-refractivity contribution is 6.13. The molecule has 0 aliphatic heterocycles. The van der Waals surface area contributed by atoms with Gasteiger partial charge >= 0.3 is 0 Å². The van der Waals surface area contributed by atoms with Crippen LogP contribution >= 0.6 is 0 Å². The Morgan fingerprint density at radius 1 is 0.967 bits per heavy atom. The molecule has 7 nitrogen and oxygen atoms in total. The van der Waals surface area contributed by atoms with E-state index in [1.54, 1.807) is 6.21 Å². The van der Waals surface area contributed by atoms with Gasteiger partial charge in [0, 0.05) is 17.7 Å². The third-order valence-corrected chi connectivity index (χ3v) is 4.61. The van der Waals surface area contributed by atoms with Crippen molar-refractivity contribution in [2.24, 2.45) is 5.10 Å². The predicted octanol–water partition coefficient (Wildman–Crippen LogP) is 4.43. The standard InChI is InChI=1S/C23H17N3O4/c27-23(15-30-19-11-9-18(10-12-19)26(28)29)25-24-14-22-20-7-3-1-5-16(20)13-17-6-2-4-8-21(17)22/h1-14H,15H2,(H,25,27). The summed E-state index contributed by atoms with van der Waals surface area (Å²) >= 11 is 0. The molecule has 0 heterocycles. The van der Waals surface area contributed by atoms with Gasteiger partial charge in [-0.15, -0.1) is 0 Å². The molecule has 1 amide bonds. The fourth-order valence-corrected chi connectivity index (χ4v) is 3.20. The Kier molecular flexibility index (Phi) is 5.34. The van der Waals surface area contributed by atoms with Gasteiger partial charge in [0.2, 0.25) is 0 Å². The molecule has 4 aromatic rings. The van der Waals surface area contributed by atoms with Crippen molar-refractivity contribution in [1.29, 1.82) is 0 Å². The van der Waals surface area contributed by atoms with E-state index in [1.165, 1.54) is 24.3 Å². The summed E-state index contributed by atoms with van der Waals surface area (Å²) in [6.45, 7) is -0.258. The molecule has 0 fully saturated rings. The average molecular weight is 399 g/mol. The van der Waals surface area contributed by atoms with Crippen molar-refractivity contribution in [2.75, 3.05) is 6.61 Å². The molecule has 0 aliphatic carbocycles. The van der Waals surface area contributed by atoms with Gasteiger partial charge in [-0.2, -0.15) is 5.10 Å². The lowest BCUT2D eigenvalue weighted by molar-refractivity contribution is -0.384. The summed E-state index contributed by atoms with van der Waals surface area (Å²) in [5.74, 6) is -0.0751. The second kappa shape index (κ2) is 8.40. The van der Waals surface area contributed by atoms with Crippen LogP contribution in [0.4, 0.5) is 5.69 Å². The fourth-order valence-electron chi connectivity index (χ4n) is 3.20. The van der Waals surface area contributed by atoms with Gasteiger partial charge in [0.1, 0.15) is 5.75 Å². The van der Waals surface area contributed by atoms with Crippen LogP contribution in [0.1, 0.15) is 5.56 Å². The molecule has 0 saturated carbocycles. The van der Waals surface area contributed by atoms with Crippen molar-refractivity contribution in [1.82, 2.24) is 5.43 Å². The maximum atomic E-state index is 12.1. The van der Waals surface area contributed by atoms with Gasteiger partial charge in [-0.1, -0.05) is 48.5 Å². The van der Waals surface area contributed by atoms with Crippen molar-refractivity contribution in [3.05, 3.63) is 94.5 Å². The molecule has 30 heavy (non-hydrogen) atoms. The Labute approximate surface area is 171 Å². The van der Waals surface area contributed by atoms with Crippen molar-refractivity contribution >= 4 is 39.4 Å². The number of hydrazone groups is 1. The largest absolute Gasteiger partial charge is 0.484 e. The number of hydrogen-bond acceptors (Lipinski definition) is 5. The summed E-state index contributed by atoms with van der Waals surface area (Å²) in [7, 11) is 0. The van der Waals surface area contributed by atoms with Crippen molar-refractivity contribution in [3.8, 4) is 5.75 Å². The SMILES string of the molecule is O=C(COc1ccc([N+](=O)[O-])cc1)NN=Cc1c2ccccc2cc2ccccc12. The second-order valence-corrected chi connectivity index (χ2v) is 6.57. The first-order chi connectivity index (χ1) is 14.6. The smallest absolute Gasteiger partial charge is 0.277 e. The van der Waals surface area contributed by atoms with Gasteiger partial charge < -0.3 is 4.74 Å². The minimum atomic E-state index is -0.498. The molecule has 0 saturated heterocycles. The summed E-state index contributed by atoms with van der Waals surface area (Å²) in [6, 6.07) is 23.6.